The molecule has 0 saturated carbocycles. The van der Waals surface area contributed by atoms with Gasteiger partial charge in [0.1, 0.15) is 0 Å². The van der Waals surface area contributed by atoms with Crippen molar-refractivity contribution < 1.29 is 9.32 Å². The number of allylic oxidation sites excluding steroid dienone is 4. The Hall–Kier alpha value is -3.13. The Balaban J connectivity index is 0.00000155. The number of hydrogen-bond donors (Lipinski definition) is 0. The maximum atomic E-state index is 11.9. The van der Waals surface area contributed by atoms with Gasteiger partial charge in [0.25, 0.3) is 5.89 Å². The van der Waals surface area contributed by atoms with Crippen LogP contribution < -0.4 is 0 Å². The van der Waals surface area contributed by atoms with Crippen molar-refractivity contribution in [3.05, 3.63) is 64.8 Å². The number of terminal acetylenes is 1. The quantitative estimate of drug-likeness (QED) is 0.581. The summed E-state index contributed by atoms with van der Waals surface area (Å²) in [5.41, 5.74) is 4.75. The number of aromatic nitrogens is 2. The maximum absolute atomic E-state index is 11.9. The van der Waals surface area contributed by atoms with E-state index in [0.717, 1.165) is 49.2 Å². The van der Waals surface area contributed by atoms with Crippen LogP contribution in [0.4, 0.5) is 0 Å². The van der Waals surface area contributed by atoms with E-state index >= 15 is 0 Å². The van der Waals surface area contributed by atoms with Crippen molar-refractivity contribution in [3.63, 3.8) is 0 Å². The summed E-state index contributed by atoms with van der Waals surface area (Å²) in [5.74, 6) is 1.60. The molecule has 5 nitrogen and oxygen atoms in total. The van der Waals surface area contributed by atoms with Crippen molar-refractivity contribution in [1.29, 1.82) is 0 Å². The molecule has 1 amide bonds. The van der Waals surface area contributed by atoms with Crippen LogP contribution in [0.3, 0.4) is 0 Å². The van der Waals surface area contributed by atoms with E-state index in [1.54, 1.807) is 0 Å². The summed E-state index contributed by atoms with van der Waals surface area (Å²) in [6.07, 6.45) is 16.4. The van der Waals surface area contributed by atoms with Gasteiger partial charge in [-0.05, 0) is 49.8 Å². The molecule has 1 aromatic heterocycles. The Morgan fingerprint density at radius 3 is 2.47 bits per heavy atom. The minimum Gasteiger partial charge on any atom is -0.339 e. The van der Waals surface area contributed by atoms with E-state index in [4.69, 9.17) is 4.52 Å². The second-order valence-electron chi connectivity index (χ2n) is 7.20. The zero-order valence-corrected chi connectivity index (χ0v) is 18.2. The Kier molecular flexibility index (Phi) is 9.08. The molecule has 0 saturated heterocycles. The van der Waals surface area contributed by atoms with Crippen LogP contribution in [0.2, 0.25) is 0 Å². The number of amides is 1. The van der Waals surface area contributed by atoms with Gasteiger partial charge in [-0.2, -0.15) is 4.98 Å². The average Bonchev–Trinajstić information content (AvgIpc) is 3.27. The minimum absolute atomic E-state index is 0.193. The normalized spacial score (nSPS) is 13.0. The van der Waals surface area contributed by atoms with Gasteiger partial charge in [0, 0.05) is 31.5 Å². The van der Waals surface area contributed by atoms with Gasteiger partial charge in [-0.1, -0.05) is 48.5 Å². The number of aryl methyl sites for hydroxylation is 2. The Morgan fingerprint density at radius 1 is 1.13 bits per heavy atom. The Bertz CT molecular complexity index is 904. The summed E-state index contributed by atoms with van der Waals surface area (Å²) in [5, 5.41) is 4.15. The van der Waals surface area contributed by atoms with Crippen molar-refractivity contribution in [2.45, 2.75) is 59.4 Å². The first-order valence-electron chi connectivity index (χ1n) is 10.5. The zero-order valence-electron chi connectivity index (χ0n) is 18.2. The highest BCUT2D eigenvalue weighted by Crippen LogP contribution is 2.27. The molecule has 0 fully saturated rings. The third kappa shape index (κ3) is 6.18. The molecule has 0 N–H and O–H groups in total. The SMILES string of the molecule is C#C.CCC(=O)N(CC)Cc1ccc(CCc2noc(C3=C(C)C=CCC3)n2)cc1. The second kappa shape index (κ2) is 11.8. The number of rotatable bonds is 8. The lowest BCUT2D eigenvalue weighted by molar-refractivity contribution is -0.131. The maximum Gasteiger partial charge on any atom is 0.254 e. The number of nitrogens with zero attached hydrogens (tertiary/aromatic N) is 3. The summed E-state index contributed by atoms with van der Waals surface area (Å²) < 4.78 is 5.48. The molecule has 30 heavy (non-hydrogen) atoms. The van der Waals surface area contributed by atoms with Crippen LogP contribution in [0.1, 0.15) is 62.9 Å². The molecule has 0 unspecified atom stereocenters. The highest BCUT2D eigenvalue weighted by Gasteiger charge is 2.15. The molecule has 3 rings (SSSR count). The van der Waals surface area contributed by atoms with Gasteiger partial charge in [-0.25, -0.2) is 0 Å². The standard InChI is InChI=1S/C23H29N3O2.C2H2/c1-4-22(27)26(5-2)16-19-12-10-18(11-13-19)14-15-21-24-23(28-25-21)20-9-7-6-8-17(20)3;1-2/h6,8,10-13H,4-5,7,9,14-16H2,1-3H3;1-2H. The Labute approximate surface area is 179 Å². The molecule has 0 radical (unpaired) electrons. The summed E-state index contributed by atoms with van der Waals surface area (Å²) >= 11 is 0. The predicted molar refractivity (Wildman–Crippen MR) is 120 cm³/mol. The molecule has 0 spiro atoms. The smallest absolute Gasteiger partial charge is 0.254 e. The van der Waals surface area contributed by atoms with Gasteiger partial charge in [-0.15, -0.1) is 12.8 Å². The lowest BCUT2D eigenvalue weighted by Crippen LogP contribution is -2.29. The molecular weight excluding hydrogens is 374 g/mol. The molecule has 1 aromatic carbocycles. The van der Waals surface area contributed by atoms with Crippen LogP contribution in [-0.2, 0) is 24.2 Å². The van der Waals surface area contributed by atoms with E-state index in [2.05, 4.69) is 66.3 Å². The van der Waals surface area contributed by atoms with Crippen LogP contribution in [0.5, 0.6) is 0 Å². The van der Waals surface area contributed by atoms with Gasteiger partial charge >= 0.3 is 0 Å². The molecule has 0 aliphatic heterocycles. The zero-order chi connectivity index (χ0) is 21.9. The third-order valence-corrected chi connectivity index (χ3v) is 5.20. The van der Waals surface area contributed by atoms with Crippen LogP contribution in [-0.4, -0.2) is 27.5 Å². The molecular formula is C25H31N3O2. The predicted octanol–water partition coefficient (Wildman–Crippen LogP) is 4.99. The number of hydrogen-bond acceptors (Lipinski definition) is 4. The van der Waals surface area contributed by atoms with E-state index in [1.807, 2.05) is 18.7 Å². The van der Waals surface area contributed by atoms with Crippen molar-refractivity contribution in [3.8, 4) is 12.8 Å². The van der Waals surface area contributed by atoms with E-state index in [1.165, 1.54) is 11.1 Å². The molecule has 0 atom stereocenters. The molecule has 1 aliphatic rings. The van der Waals surface area contributed by atoms with Gasteiger partial charge in [-0.3, -0.25) is 4.79 Å². The van der Waals surface area contributed by atoms with Gasteiger partial charge < -0.3 is 9.42 Å². The lowest BCUT2D eigenvalue weighted by Gasteiger charge is -2.20. The lowest BCUT2D eigenvalue weighted by atomic mass is 9.99. The third-order valence-electron chi connectivity index (χ3n) is 5.20. The second-order valence-corrected chi connectivity index (χ2v) is 7.20. The number of carbonyl (C=O) groups is 1. The van der Waals surface area contributed by atoms with E-state index < -0.39 is 0 Å². The first-order valence-corrected chi connectivity index (χ1v) is 10.5. The monoisotopic (exact) mass is 405 g/mol. The summed E-state index contributed by atoms with van der Waals surface area (Å²) in [6.45, 7) is 7.41. The largest absolute Gasteiger partial charge is 0.339 e. The fourth-order valence-corrected chi connectivity index (χ4v) is 3.43. The fraction of sp³-hybridized carbons (Fsp3) is 0.400. The topological polar surface area (TPSA) is 59.2 Å². The van der Waals surface area contributed by atoms with E-state index in [0.29, 0.717) is 18.9 Å². The van der Waals surface area contributed by atoms with Crippen molar-refractivity contribution in [2.75, 3.05) is 6.54 Å². The van der Waals surface area contributed by atoms with Crippen LogP contribution >= 0.6 is 0 Å². The molecule has 2 aromatic rings. The first kappa shape index (κ1) is 23.2. The summed E-state index contributed by atoms with van der Waals surface area (Å²) in [4.78, 5) is 18.4. The number of benzene rings is 1. The molecule has 0 bridgehead atoms. The highest BCUT2D eigenvalue weighted by atomic mass is 16.5. The first-order chi connectivity index (χ1) is 14.6. The fourth-order valence-electron chi connectivity index (χ4n) is 3.43. The molecule has 1 heterocycles. The van der Waals surface area contributed by atoms with Gasteiger partial charge in [0.15, 0.2) is 5.82 Å². The Morgan fingerprint density at radius 2 is 1.83 bits per heavy atom. The van der Waals surface area contributed by atoms with Gasteiger partial charge in [0.2, 0.25) is 5.91 Å². The molecule has 158 valence electrons. The van der Waals surface area contributed by atoms with Crippen LogP contribution in [0.15, 0.2) is 46.5 Å². The molecule has 5 heteroatoms. The van der Waals surface area contributed by atoms with Gasteiger partial charge in [0.05, 0.1) is 0 Å². The average molecular weight is 406 g/mol. The van der Waals surface area contributed by atoms with E-state index in [-0.39, 0.29) is 5.91 Å². The van der Waals surface area contributed by atoms with Crippen LogP contribution in [0.25, 0.3) is 5.57 Å². The summed E-state index contributed by atoms with van der Waals surface area (Å²) in [7, 11) is 0. The number of carbonyl (C=O) groups excluding carboxylic acids is 1. The summed E-state index contributed by atoms with van der Waals surface area (Å²) in [6, 6.07) is 8.45. The van der Waals surface area contributed by atoms with Crippen LogP contribution in [0, 0.1) is 12.8 Å². The minimum atomic E-state index is 0.193. The van der Waals surface area contributed by atoms with Crippen molar-refractivity contribution in [2.24, 2.45) is 0 Å². The van der Waals surface area contributed by atoms with E-state index in [9.17, 15) is 4.79 Å². The van der Waals surface area contributed by atoms with Crippen molar-refractivity contribution >= 4 is 11.5 Å². The molecule has 1 aliphatic carbocycles. The van der Waals surface area contributed by atoms with Crippen molar-refractivity contribution in [1.82, 2.24) is 15.0 Å². The highest BCUT2D eigenvalue weighted by molar-refractivity contribution is 5.75.